The molecular formula is C20H15ClN2O2. The van der Waals surface area contributed by atoms with E-state index < -0.39 is 0 Å². The molecule has 0 aliphatic heterocycles. The Labute approximate surface area is 149 Å². The van der Waals surface area contributed by atoms with Crippen LogP contribution in [0, 0.1) is 0 Å². The number of amides is 1. The van der Waals surface area contributed by atoms with Gasteiger partial charge in [-0.15, -0.1) is 0 Å². The number of carbonyl (C=O) groups excluding carboxylic acids is 1. The highest BCUT2D eigenvalue weighted by atomic mass is 35.5. The second kappa shape index (κ2) is 6.22. The summed E-state index contributed by atoms with van der Waals surface area (Å²) in [5.41, 5.74) is 2.19. The van der Waals surface area contributed by atoms with Crippen LogP contribution in [0.4, 0.5) is 0 Å². The number of aromatic nitrogens is 1. The highest BCUT2D eigenvalue weighted by molar-refractivity contribution is 6.31. The maximum absolute atomic E-state index is 12.5. The van der Waals surface area contributed by atoms with E-state index in [9.17, 15) is 4.79 Å². The number of benzene rings is 2. The topological polar surface area (TPSA) is 55.1 Å². The SMILES string of the molecule is C[C@@H](NC(=O)c1cc2cc3ccc(Cl)cc3nc2o1)c1ccccc1. The second-order valence-corrected chi connectivity index (χ2v) is 6.37. The van der Waals surface area contributed by atoms with E-state index in [-0.39, 0.29) is 17.7 Å². The van der Waals surface area contributed by atoms with Gasteiger partial charge < -0.3 is 9.73 Å². The third kappa shape index (κ3) is 3.08. The van der Waals surface area contributed by atoms with Crippen LogP contribution in [0.5, 0.6) is 0 Å². The molecule has 2 heterocycles. The maximum atomic E-state index is 12.5. The minimum absolute atomic E-state index is 0.118. The van der Waals surface area contributed by atoms with Crippen molar-refractivity contribution in [3.63, 3.8) is 0 Å². The summed E-state index contributed by atoms with van der Waals surface area (Å²) in [5.74, 6) is -0.0249. The van der Waals surface area contributed by atoms with Crippen LogP contribution in [-0.2, 0) is 0 Å². The molecule has 0 saturated carbocycles. The van der Waals surface area contributed by atoms with Gasteiger partial charge in [0.2, 0.25) is 5.71 Å². The van der Waals surface area contributed by atoms with Crippen LogP contribution in [-0.4, -0.2) is 10.9 Å². The molecule has 0 bridgehead atoms. The molecule has 5 heteroatoms. The fourth-order valence-electron chi connectivity index (χ4n) is 2.80. The average molecular weight is 351 g/mol. The molecule has 1 amide bonds. The normalized spacial score (nSPS) is 12.4. The van der Waals surface area contributed by atoms with Crippen molar-refractivity contribution in [2.75, 3.05) is 0 Å². The van der Waals surface area contributed by atoms with Crippen LogP contribution in [0.2, 0.25) is 5.02 Å². The number of carbonyl (C=O) groups is 1. The minimum Gasteiger partial charge on any atom is -0.433 e. The Morgan fingerprint density at radius 2 is 1.88 bits per heavy atom. The summed E-state index contributed by atoms with van der Waals surface area (Å²) in [7, 11) is 0. The van der Waals surface area contributed by atoms with Gasteiger partial charge in [-0.3, -0.25) is 4.79 Å². The van der Waals surface area contributed by atoms with Crippen molar-refractivity contribution in [3.8, 4) is 0 Å². The predicted molar refractivity (Wildman–Crippen MR) is 98.8 cm³/mol. The molecule has 1 N–H and O–H groups in total. The number of halogens is 1. The molecule has 0 aliphatic carbocycles. The molecule has 0 fully saturated rings. The van der Waals surface area contributed by atoms with E-state index in [0.29, 0.717) is 10.7 Å². The maximum Gasteiger partial charge on any atom is 0.287 e. The standard InChI is InChI=1S/C20H15ClN2O2/c1-12(13-5-3-2-4-6-13)22-19(24)18-10-15-9-14-7-8-16(21)11-17(14)23-20(15)25-18/h2-12H,1H3,(H,22,24)/t12-/m1/s1. The van der Waals surface area contributed by atoms with Crippen LogP contribution in [0.1, 0.15) is 29.1 Å². The van der Waals surface area contributed by atoms with E-state index in [2.05, 4.69) is 10.3 Å². The summed E-state index contributed by atoms with van der Waals surface area (Å²) >= 11 is 6.01. The number of nitrogens with zero attached hydrogens (tertiary/aromatic N) is 1. The number of pyridine rings is 1. The lowest BCUT2D eigenvalue weighted by Crippen LogP contribution is -2.26. The van der Waals surface area contributed by atoms with E-state index in [4.69, 9.17) is 16.0 Å². The Hall–Kier alpha value is -2.85. The average Bonchev–Trinajstić information content (AvgIpc) is 3.03. The summed E-state index contributed by atoms with van der Waals surface area (Å²) in [6.45, 7) is 1.93. The van der Waals surface area contributed by atoms with Gasteiger partial charge >= 0.3 is 0 Å². The second-order valence-electron chi connectivity index (χ2n) is 5.94. The quantitative estimate of drug-likeness (QED) is 0.557. The third-order valence-electron chi connectivity index (χ3n) is 4.14. The van der Waals surface area contributed by atoms with Gasteiger partial charge in [-0.25, -0.2) is 4.98 Å². The summed E-state index contributed by atoms with van der Waals surface area (Å²) in [4.78, 5) is 16.9. The van der Waals surface area contributed by atoms with E-state index in [0.717, 1.165) is 21.9 Å². The first-order valence-corrected chi connectivity index (χ1v) is 8.33. The third-order valence-corrected chi connectivity index (χ3v) is 4.37. The van der Waals surface area contributed by atoms with Gasteiger partial charge in [0.05, 0.1) is 11.6 Å². The van der Waals surface area contributed by atoms with Crippen LogP contribution in [0.3, 0.4) is 0 Å². The van der Waals surface area contributed by atoms with Crippen molar-refractivity contribution in [1.82, 2.24) is 10.3 Å². The Balaban J connectivity index is 1.64. The molecule has 2 aromatic heterocycles. The molecule has 0 unspecified atom stereocenters. The van der Waals surface area contributed by atoms with Crippen LogP contribution < -0.4 is 5.32 Å². The highest BCUT2D eigenvalue weighted by Gasteiger charge is 2.16. The molecular weight excluding hydrogens is 336 g/mol. The molecule has 4 rings (SSSR count). The molecule has 25 heavy (non-hydrogen) atoms. The summed E-state index contributed by atoms with van der Waals surface area (Å²) in [6.07, 6.45) is 0. The molecule has 0 radical (unpaired) electrons. The molecule has 1 atom stereocenters. The molecule has 4 aromatic rings. The smallest absolute Gasteiger partial charge is 0.287 e. The first-order chi connectivity index (χ1) is 12.1. The fraction of sp³-hybridized carbons (Fsp3) is 0.100. The van der Waals surface area contributed by atoms with Crippen molar-refractivity contribution in [1.29, 1.82) is 0 Å². The zero-order valence-electron chi connectivity index (χ0n) is 13.5. The summed E-state index contributed by atoms with van der Waals surface area (Å²) in [6, 6.07) is 18.8. The van der Waals surface area contributed by atoms with Gasteiger partial charge in [0.1, 0.15) is 0 Å². The van der Waals surface area contributed by atoms with Crippen molar-refractivity contribution in [2.45, 2.75) is 13.0 Å². The van der Waals surface area contributed by atoms with Gasteiger partial charge in [0.25, 0.3) is 5.91 Å². The first kappa shape index (κ1) is 15.7. The number of fused-ring (bicyclic) bond motifs is 2. The van der Waals surface area contributed by atoms with Crippen molar-refractivity contribution in [2.24, 2.45) is 0 Å². The Kier molecular flexibility index (Phi) is 3.90. The van der Waals surface area contributed by atoms with Gasteiger partial charge in [-0.1, -0.05) is 48.0 Å². The zero-order chi connectivity index (χ0) is 17.4. The number of hydrogen-bond donors (Lipinski definition) is 1. The fourth-order valence-corrected chi connectivity index (χ4v) is 2.97. The van der Waals surface area contributed by atoms with Gasteiger partial charge in [-0.05, 0) is 36.8 Å². The number of rotatable bonds is 3. The number of furan rings is 1. The number of hydrogen-bond acceptors (Lipinski definition) is 3. The van der Waals surface area contributed by atoms with E-state index in [1.54, 1.807) is 12.1 Å². The summed E-state index contributed by atoms with van der Waals surface area (Å²) in [5, 5.41) is 5.29. The van der Waals surface area contributed by atoms with E-state index in [1.165, 1.54) is 0 Å². The molecule has 0 aliphatic rings. The lowest BCUT2D eigenvalue weighted by Gasteiger charge is -2.12. The van der Waals surface area contributed by atoms with E-state index in [1.807, 2.05) is 55.5 Å². The minimum atomic E-state index is -0.267. The summed E-state index contributed by atoms with van der Waals surface area (Å²) < 4.78 is 5.65. The lowest BCUT2D eigenvalue weighted by molar-refractivity contribution is 0.0913. The zero-order valence-corrected chi connectivity index (χ0v) is 14.2. The number of nitrogens with one attached hydrogen (secondary N) is 1. The van der Waals surface area contributed by atoms with Crippen LogP contribution in [0.25, 0.3) is 22.0 Å². The molecule has 0 saturated heterocycles. The lowest BCUT2D eigenvalue weighted by atomic mass is 10.1. The molecule has 4 nitrogen and oxygen atoms in total. The van der Waals surface area contributed by atoms with Crippen molar-refractivity contribution < 1.29 is 9.21 Å². The van der Waals surface area contributed by atoms with Crippen molar-refractivity contribution >= 4 is 39.5 Å². The van der Waals surface area contributed by atoms with Crippen LogP contribution in [0.15, 0.2) is 65.1 Å². The molecule has 124 valence electrons. The van der Waals surface area contributed by atoms with Gasteiger partial charge in [0, 0.05) is 15.8 Å². The Bertz CT molecular complexity index is 1070. The monoisotopic (exact) mass is 350 g/mol. The Morgan fingerprint density at radius 1 is 1.08 bits per heavy atom. The van der Waals surface area contributed by atoms with Crippen LogP contribution >= 0.6 is 11.6 Å². The predicted octanol–water partition coefficient (Wildman–Crippen LogP) is 5.13. The van der Waals surface area contributed by atoms with Gasteiger partial charge in [0.15, 0.2) is 5.76 Å². The molecule has 2 aromatic carbocycles. The highest BCUT2D eigenvalue weighted by Crippen LogP contribution is 2.25. The molecule has 0 spiro atoms. The van der Waals surface area contributed by atoms with Crippen molar-refractivity contribution in [3.05, 3.63) is 77.0 Å². The first-order valence-electron chi connectivity index (χ1n) is 7.96. The Morgan fingerprint density at radius 3 is 2.68 bits per heavy atom. The largest absolute Gasteiger partial charge is 0.433 e. The van der Waals surface area contributed by atoms with E-state index >= 15 is 0 Å². The van der Waals surface area contributed by atoms with Gasteiger partial charge in [-0.2, -0.15) is 0 Å².